The van der Waals surface area contributed by atoms with Gasteiger partial charge in [0.1, 0.15) is 12.7 Å². The van der Waals surface area contributed by atoms with Crippen LogP contribution >= 0.6 is 7.82 Å². The minimum absolute atomic E-state index is 0.172. The Morgan fingerprint density at radius 2 is 0.590 bits per heavy atom. The van der Waals surface area contributed by atoms with Gasteiger partial charge in [0.2, 0.25) is 0 Å². The molecule has 0 fully saturated rings. The van der Waals surface area contributed by atoms with Crippen LogP contribution in [-0.2, 0) is 42.2 Å². The van der Waals surface area contributed by atoms with Gasteiger partial charge in [-0.2, -0.15) is 0 Å². The van der Waals surface area contributed by atoms with Crippen LogP contribution in [0.2, 0.25) is 0 Å². The summed E-state index contributed by atoms with van der Waals surface area (Å²) in [6.45, 7) is 4.71. The van der Waals surface area contributed by atoms with Crippen molar-refractivity contribution in [2.45, 2.75) is 354 Å². The van der Waals surface area contributed by atoms with E-state index in [1.54, 1.807) is 0 Å². The molecule has 0 saturated carbocycles. The van der Waals surface area contributed by atoms with E-state index in [1.165, 1.54) is 199 Å². The highest BCUT2D eigenvalue weighted by Crippen LogP contribution is 2.43. The van der Waals surface area contributed by atoms with Crippen molar-refractivity contribution in [2.75, 3.05) is 26.4 Å². The zero-order valence-electron chi connectivity index (χ0n) is 51.2. The number of aliphatic hydroxyl groups is 1. The molecule has 3 atom stereocenters. The molecule has 0 rings (SSSR count). The fourth-order valence-electron chi connectivity index (χ4n) is 9.76. The van der Waals surface area contributed by atoms with Gasteiger partial charge in [0.15, 0.2) is 6.10 Å². The Morgan fingerprint density at radius 1 is 0.346 bits per heavy atom. The summed E-state index contributed by atoms with van der Waals surface area (Å²) in [5.41, 5.74) is 0. The van der Waals surface area contributed by atoms with Crippen LogP contribution in [0.1, 0.15) is 342 Å². The Hall–Kier alpha value is -2.04. The van der Waals surface area contributed by atoms with Crippen LogP contribution in [0.4, 0.5) is 0 Å². The summed E-state index contributed by atoms with van der Waals surface area (Å²) in [6.07, 6.45) is 64.1. The normalized spacial score (nSPS) is 13.3. The minimum Gasteiger partial charge on any atom is -0.462 e. The molecule has 0 aromatic rings. The summed E-state index contributed by atoms with van der Waals surface area (Å²) in [7, 11) is -4.75. The largest absolute Gasteiger partial charge is 0.472 e. The van der Waals surface area contributed by atoms with Crippen LogP contribution in [0.15, 0.2) is 24.3 Å². The molecule has 0 aliphatic heterocycles. The van der Waals surface area contributed by atoms with E-state index in [9.17, 15) is 28.9 Å². The fraction of sp³-hybridized carbons (Fsp3) is 0.894. The topological polar surface area (TPSA) is 155 Å². The maximum absolute atomic E-state index is 13.0. The second-order valence-electron chi connectivity index (χ2n) is 22.6. The molecule has 2 N–H and O–H groups in total. The Balaban J connectivity index is 4.66. The summed E-state index contributed by atoms with van der Waals surface area (Å²) in [5, 5.41) is 9.85. The molecular formula is C66H125O11P. The van der Waals surface area contributed by atoms with E-state index in [2.05, 4.69) is 45.1 Å². The van der Waals surface area contributed by atoms with Gasteiger partial charge in [-0.3, -0.25) is 23.4 Å². The van der Waals surface area contributed by atoms with Crippen molar-refractivity contribution in [2.24, 2.45) is 0 Å². The van der Waals surface area contributed by atoms with Crippen LogP contribution < -0.4 is 0 Å². The van der Waals surface area contributed by atoms with Crippen molar-refractivity contribution in [1.29, 1.82) is 0 Å². The third-order valence-electron chi connectivity index (χ3n) is 14.8. The average molecular weight is 1130 g/mol. The van der Waals surface area contributed by atoms with Gasteiger partial charge in [0.25, 0.3) is 0 Å². The lowest BCUT2D eigenvalue weighted by atomic mass is 10.0. The predicted molar refractivity (Wildman–Crippen MR) is 326 cm³/mol. The summed E-state index contributed by atoms with van der Waals surface area (Å²) >= 11 is 0. The van der Waals surface area contributed by atoms with E-state index in [1.807, 2.05) is 0 Å². The number of hydrogen-bond donors (Lipinski definition) is 2. The highest BCUT2D eigenvalue weighted by molar-refractivity contribution is 7.47. The van der Waals surface area contributed by atoms with Crippen molar-refractivity contribution in [3.63, 3.8) is 0 Å². The number of phosphoric ester groups is 1. The van der Waals surface area contributed by atoms with Gasteiger partial charge in [-0.15, -0.1) is 0 Å². The molecule has 11 nitrogen and oxygen atoms in total. The molecule has 0 spiro atoms. The van der Waals surface area contributed by atoms with Gasteiger partial charge in [-0.1, -0.05) is 276 Å². The Morgan fingerprint density at radius 3 is 0.885 bits per heavy atom. The molecule has 0 aromatic heterocycles. The monoisotopic (exact) mass is 1120 g/mol. The first-order valence-corrected chi connectivity index (χ1v) is 34.7. The lowest BCUT2D eigenvalue weighted by Gasteiger charge is -2.21. The molecular weight excluding hydrogens is 1000 g/mol. The van der Waals surface area contributed by atoms with E-state index in [4.69, 9.17) is 23.3 Å². The molecule has 460 valence electrons. The number of rotatable bonds is 63. The van der Waals surface area contributed by atoms with E-state index < -0.39 is 57.8 Å². The third-order valence-corrected chi connectivity index (χ3v) is 15.8. The van der Waals surface area contributed by atoms with Crippen LogP contribution in [0, 0.1) is 0 Å². The van der Waals surface area contributed by atoms with Gasteiger partial charge in [0, 0.05) is 19.3 Å². The number of hydrogen-bond acceptors (Lipinski definition) is 10. The second-order valence-corrected chi connectivity index (χ2v) is 24.1. The quantitative estimate of drug-likeness (QED) is 0.0197. The number of esters is 3. The van der Waals surface area contributed by atoms with E-state index >= 15 is 0 Å². The molecule has 0 heterocycles. The number of aliphatic hydroxyl groups excluding tert-OH is 1. The van der Waals surface area contributed by atoms with Crippen LogP contribution in [0.5, 0.6) is 0 Å². The molecule has 3 unspecified atom stereocenters. The lowest BCUT2D eigenvalue weighted by molar-refractivity contribution is -0.161. The lowest BCUT2D eigenvalue weighted by Crippen LogP contribution is -2.30. The molecule has 0 bridgehead atoms. The number of carbonyl (C=O) groups excluding carboxylic acids is 3. The third kappa shape index (κ3) is 58.6. The summed E-state index contributed by atoms with van der Waals surface area (Å²) < 4.78 is 39.7. The van der Waals surface area contributed by atoms with E-state index in [0.717, 1.165) is 83.5 Å². The molecule has 0 saturated heterocycles. The average Bonchev–Trinajstić information content (AvgIpc) is 3.43. The number of unbranched alkanes of at least 4 members (excludes halogenated alkanes) is 42. The molecule has 0 radical (unpaired) electrons. The van der Waals surface area contributed by atoms with Gasteiger partial charge in [0.05, 0.1) is 19.8 Å². The first-order chi connectivity index (χ1) is 38.2. The molecule has 0 aliphatic carbocycles. The van der Waals surface area contributed by atoms with Gasteiger partial charge >= 0.3 is 25.7 Å². The molecule has 0 aromatic carbocycles. The number of carbonyl (C=O) groups is 3. The van der Waals surface area contributed by atoms with Crippen molar-refractivity contribution >= 4 is 25.7 Å². The zero-order chi connectivity index (χ0) is 56.9. The van der Waals surface area contributed by atoms with Crippen molar-refractivity contribution in [1.82, 2.24) is 0 Å². The second kappa shape index (κ2) is 61.0. The zero-order valence-corrected chi connectivity index (χ0v) is 52.1. The summed E-state index contributed by atoms with van der Waals surface area (Å²) in [5.74, 6) is -1.45. The molecule has 0 aliphatic rings. The number of allylic oxidation sites excluding steroid dienone is 4. The van der Waals surface area contributed by atoms with Gasteiger partial charge in [-0.25, -0.2) is 4.57 Å². The highest BCUT2D eigenvalue weighted by atomic mass is 31.2. The fourth-order valence-corrected chi connectivity index (χ4v) is 10.5. The first-order valence-electron chi connectivity index (χ1n) is 33.2. The predicted octanol–water partition coefficient (Wildman–Crippen LogP) is 20.2. The van der Waals surface area contributed by atoms with Gasteiger partial charge < -0.3 is 24.2 Å². The highest BCUT2D eigenvalue weighted by Gasteiger charge is 2.28. The van der Waals surface area contributed by atoms with Crippen LogP contribution in [0.25, 0.3) is 0 Å². The first kappa shape index (κ1) is 76.0. The summed E-state index contributed by atoms with van der Waals surface area (Å²) in [6, 6.07) is 0. The smallest absolute Gasteiger partial charge is 0.462 e. The van der Waals surface area contributed by atoms with Gasteiger partial charge in [-0.05, 0) is 70.6 Å². The molecule has 78 heavy (non-hydrogen) atoms. The van der Waals surface area contributed by atoms with Crippen molar-refractivity contribution in [3.05, 3.63) is 24.3 Å². The molecule has 12 heteroatoms. The van der Waals surface area contributed by atoms with Crippen LogP contribution in [0.3, 0.4) is 0 Å². The van der Waals surface area contributed by atoms with Crippen molar-refractivity contribution < 1.29 is 52.2 Å². The minimum atomic E-state index is -4.75. The Kier molecular flexibility index (Phi) is 59.4. The van der Waals surface area contributed by atoms with Crippen LogP contribution in [-0.4, -0.2) is 66.5 Å². The maximum Gasteiger partial charge on any atom is 0.472 e. The molecule has 0 amide bonds. The van der Waals surface area contributed by atoms with E-state index in [-0.39, 0.29) is 25.9 Å². The number of phosphoric acid groups is 1. The van der Waals surface area contributed by atoms with E-state index in [0.29, 0.717) is 19.3 Å². The maximum atomic E-state index is 13.0. The van der Waals surface area contributed by atoms with Crippen molar-refractivity contribution in [3.8, 4) is 0 Å². The Bertz CT molecular complexity index is 1400. The SMILES string of the molecule is CCCCCCCC/C=C\CCCCCCCCCC(=O)OCC(COP(=O)(O)OCC(CO)OC(=O)CCCCCCC/C=C\CCCCCCCC)OC(=O)CCCCCCCCCCCCCCCCCCCCC. The summed E-state index contributed by atoms with van der Waals surface area (Å²) in [4.78, 5) is 48.8. The number of ether oxygens (including phenoxy) is 3. The standard InChI is InChI=1S/C66H125O11P/c1-4-7-10-13-16-19-22-25-28-30-31-33-36-39-42-45-48-51-54-57-66(70)77-63(59-73-64(68)55-52-49-46-43-40-37-35-32-29-26-23-20-17-14-11-8-5-2)61-75-78(71,72)74-60-62(58-67)76-65(69)56-53-50-47-44-41-38-34-27-24-21-18-15-12-9-6-3/h26-27,29,34,62-63,67H,4-25,28,30-33,35-61H2,1-3H3,(H,71,72)/b29-26-,34-27-. The Labute approximate surface area is 480 Å².